The number of benzene rings is 1. The molecule has 1 atom stereocenters. The van der Waals surface area contributed by atoms with Crippen molar-refractivity contribution in [2.24, 2.45) is 5.92 Å². The Hall–Kier alpha value is -1.09. The molecule has 1 aromatic rings. The minimum atomic E-state index is -0.276. The van der Waals surface area contributed by atoms with Gasteiger partial charge in [-0.15, -0.1) is 0 Å². The summed E-state index contributed by atoms with van der Waals surface area (Å²) in [7, 11) is 1.89. The normalized spacial score (nSPS) is 12.9. The van der Waals surface area contributed by atoms with Crippen molar-refractivity contribution >= 4 is 5.69 Å². The Labute approximate surface area is 96.7 Å². The molecular weight excluding hydrogens is 205 g/mol. The molecule has 0 aromatic heterocycles. The van der Waals surface area contributed by atoms with E-state index < -0.39 is 0 Å². The molecule has 0 bridgehead atoms. The van der Waals surface area contributed by atoms with Crippen molar-refractivity contribution in [3.05, 3.63) is 29.6 Å². The summed E-state index contributed by atoms with van der Waals surface area (Å²) >= 11 is 0. The third kappa shape index (κ3) is 2.73. The quantitative estimate of drug-likeness (QED) is 0.851. The van der Waals surface area contributed by atoms with Crippen LogP contribution in [0.15, 0.2) is 18.2 Å². The van der Waals surface area contributed by atoms with E-state index in [9.17, 15) is 4.39 Å². The van der Waals surface area contributed by atoms with Gasteiger partial charge in [-0.05, 0) is 30.5 Å². The summed E-state index contributed by atoms with van der Waals surface area (Å²) in [6.07, 6.45) is 0. The molecule has 1 N–H and O–H groups in total. The summed E-state index contributed by atoms with van der Waals surface area (Å²) in [5.41, 5.74) is 1.19. The van der Waals surface area contributed by atoms with Crippen LogP contribution in [-0.2, 0) is 6.61 Å². The van der Waals surface area contributed by atoms with E-state index in [0.29, 0.717) is 17.2 Å². The van der Waals surface area contributed by atoms with Crippen LogP contribution in [0.5, 0.6) is 0 Å². The van der Waals surface area contributed by atoms with Crippen LogP contribution in [-0.4, -0.2) is 18.2 Å². The molecule has 90 valence electrons. The van der Waals surface area contributed by atoms with Crippen molar-refractivity contribution in [1.29, 1.82) is 0 Å². The first-order chi connectivity index (χ1) is 7.47. The summed E-state index contributed by atoms with van der Waals surface area (Å²) in [6.45, 7) is 6.17. The lowest BCUT2D eigenvalue weighted by molar-refractivity contribution is 0.281. The van der Waals surface area contributed by atoms with Crippen LogP contribution in [0.4, 0.5) is 10.1 Å². The summed E-state index contributed by atoms with van der Waals surface area (Å²) in [4.78, 5) is 1.93. The van der Waals surface area contributed by atoms with E-state index in [1.54, 1.807) is 12.1 Å². The zero-order valence-corrected chi connectivity index (χ0v) is 10.4. The van der Waals surface area contributed by atoms with Gasteiger partial charge < -0.3 is 10.0 Å². The minimum Gasteiger partial charge on any atom is -0.392 e. The van der Waals surface area contributed by atoms with Crippen LogP contribution in [0, 0.1) is 11.7 Å². The fourth-order valence-corrected chi connectivity index (χ4v) is 1.60. The number of rotatable bonds is 4. The molecule has 0 saturated heterocycles. The molecule has 3 heteroatoms. The van der Waals surface area contributed by atoms with Gasteiger partial charge in [0.2, 0.25) is 0 Å². The predicted octanol–water partition coefficient (Wildman–Crippen LogP) is 2.80. The van der Waals surface area contributed by atoms with Crippen molar-refractivity contribution in [2.45, 2.75) is 33.4 Å². The van der Waals surface area contributed by atoms with Crippen molar-refractivity contribution in [2.75, 3.05) is 11.9 Å². The van der Waals surface area contributed by atoms with E-state index >= 15 is 0 Å². The molecule has 2 nitrogen and oxygen atoms in total. The summed E-state index contributed by atoms with van der Waals surface area (Å²) in [5.74, 6) is 0.184. The average molecular weight is 225 g/mol. The first kappa shape index (κ1) is 13.0. The van der Waals surface area contributed by atoms with Gasteiger partial charge in [0.05, 0.1) is 12.3 Å². The van der Waals surface area contributed by atoms with Crippen LogP contribution in [0.1, 0.15) is 26.3 Å². The van der Waals surface area contributed by atoms with Crippen molar-refractivity contribution in [3.63, 3.8) is 0 Å². The second-order valence-electron chi connectivity index (χ2n) is 4.54. The molecular formula is C13H20FNO. The van der Waals surface area contributed by atoms with Gasteiger partial charge in [-0.3, -0.25) is 0 Å². The molecule has 1 unspecified atom stereocenters. The average Bonchev–Trinajstić information content (AvgIpc) is 2.26. The van der Waals surface area contributed by atoms with E-state index in [4.69, 9.17) is 5.11 Å². The summed E-state index contributed by atoms with van der Waals surface area (Å²) < 4.78 is 13.8. The maximum Gasteiger partial charge on any atom is 0.146 e. The Kier molecular flexibility index (Phi) is 4.30. The standard InChI is InChI=1S/C13H20FNO/c1-9(2)10(3)15(4)13-6-5-11(8-16)7-12(13)14/h5-7,9-10,16H,8H2,1-4H3. The van der Waals surface area contributed by atoms with Crippen LogP contribution in [0.2, 0.25) is 0 Å². The lowest BCUT2D eigenvalue weighted by Crippen LogP contribution is -2.33. The van der Waals surface area contributed by atoms with E-state index in [-0.39, 0.29) is 18.5 Å². The zero-order valence-electron chi connectivity index (χ0n) is 10.4. The molecule has 0 amide bonds. The van der Waals surface area contributed by atoms with Gasteiger partial charge >= 0.3 is 0 Å². The van der Waals surface area contributed by atoms with Gasteiger partial charge in [0.25, 0.3) is 0 Å². The second-order valence-corrected chi connectivity index (χ2v) is 4.54. The molecule has 0 aliphatic rings. The van der Waals surface area contributed by atoms with Gasteiger partial charge in [0, 0.05) is 13.1 Å². The van der Waals surface area contributed by atoms with Gasteiger partial charge in [-0.1, -0.05) is 19.9 Å². The van der Waals surface area contributed by atoms with E-state index in [1.165, 1.54) is 6.07 Å². The number of aliphatic hydroxyl groups is 1. The maximum absolute atomic E-state index is 13.8. The number of halogens is 1. The Morgan fingerprint density at radius 1 is 1.31 bits per heavy atom. The Morgan fingerprint density at radius 2 is 1.94 bits per heavy atom. The highest BCUT2D eigenvalue weighted by atomic mass is 19.1. The van der Waals surface area contributed by atoms with Crippen LogP contribution < -0.4 is 4.90 Å². The SMILES string of the molecule is CC(C)C(C)N(C)c1ccc(CO)cc1F. The van der Waals surface area contributed by atoms with Gasteiger partial charge in [0.15, 0.2) is 0 Å². The lowest BCUT2D eigenvalue weighted by Gasteiger charge is -2.30. The molecule has 0 aliphatic heterocycles. The molecule has 16 heavy (non-hydrogen) atoms. The fourth-order valence-electron chi connectivity index (χ4n) is 1.60. The third-order valence-electron chi connectivity index (χ3n) is 3.15. The first-order valence-corrected chi connectivity index (χ1v) is 5.59. The number of hydrogen-bond acceptors (Lipinski definition) is 2. The van der Waals surface area contributed by atoms with Crippen LogP contribution >= 0.6 is 0 Å². The number of aliphatic hydroxyl groups excluding tert-OH is 1. The van der Waals surface area contributed by atoms with Gasteiger partial charge in [-0.25, -0.2) is 4.39 Å². The van der Waals surface area contributed by atoms with Crippen molar-refractivity contribution in [3.8, 4) is 0 Å². The topological polar surface area (TPSA) is 23.5 Å². The Morgan fingerprint density at radius 3 is 2.38 bits per heavy atom. The number of anilines is 1. The molecule has 0 fully saturated rings. The highest BCUT2D eigenvalue weighted by Gasteiger charge is 2.16. The van der Waals surface area contributed by atoms with Crippen molar-refractivity contribution < 1.29 is 9.50 Å². The number of nitrogens with zero attached hydrogens (tertiary/aromatic N) is 1. The molecule has 1 rings (SSSR count). The minimum absolute atomic E-state index is 0.124. The summed E-state index contributed by atoms with van der Waals surface area (Å²) in [6, 6.07) is 5.13. The van der Waals surface area contributed by atoms with E-state index in [1.807, 2.05) is 11.9 Å². The van der Waals surface area contributed by atoms with Crippen LogP contribution in [0.3, 0.4) is 0 Å². The highest BCUT2D eigenvalue weighted by Crippen LogP contribution is 2.23. The molecule has 0 radical (unpaired) electrons. The number of hydrogen-bond donors (Lipinski definition) is 1. The Bertz CT molecular complexity index is 352. The highest BCUT2D eigenvalue weighted by molar-refractivity contribution is 5.49. The zero-order chi connectivity index (χ0) is 12.3. The molecule has 0 heterocycles. The molecule has 0 spiro atoms. The van der Waals surface area contributed by atoms with Crippen LogP contribution in [0.25, 0.3) is 0 Å². The van der Waals surface area contributed by atoms with Crippen molar-refractivity contribution in [1.82, 2.24) is 0 Å². The Balaban J connectivity index is 2.96. The van der Waals surface area contributed by atoms with Gasteiger partial charge in [0.1, 0.15) is 5.82 Å². The van der Waals surface area contributed by atoms with Gasteiger partial charge in [-0.2, -0.15) is 0 Å². The van der Waals surface area contributed by atoms with E-state index in [0.717, 1.165) is 0 Å². The molecule has 0 saturated carbocycles. The molecule has 1 aromatic carbocycles. The second kappa shape index (κ2) is 5.30. The fraction of sp³-hybridized carbons (Fsp3) is 0.538. The maximum atomic E-state index is 13.8. The van der Waals surface area contributed by atoms with E-state index in [2.05, 4.69) is 20.8 Å². The lowest BCUT2D eigenvalue weighted by atomic mass is 10.0. The monoisotopic (exact) mass is 225 g/mol. The summed E-state index contributed by atoms with van der Waals surface area (Å²) in [5, 5.41) is 8.91. The molecule has 0 aliphatic carbocycles. The predicted molar refractivity (Wildman–Crippen MR) is 65.0 cm³/mol. The smallest absolute Gasteiger partial charge is 0.146 e. The third-order valence-corrected chi connectivity index (χ3v) is 3.15. The first-order valence-electron chi connectivity index (χ1n) is 5.59. The largest absolute Gasteiger partial charge is 0.392 e.